The fraction of sp³-hybridized carbons (Fsp3) is 0.947. The smallest absolute Gasteiger partial charge is 0.462 e. The summed E-state index contributed by atoms with van der Waals surface area (Å²) in [5.74, 6) is 0.944. The number of hydrogen-bond acceptors (Lipinski definition) is 15. The van der Waals surface area contributed by atoms with Crippen LogP contribution in [0.5, 0.6) is 0 Å². The molecule has 3 N–H and O–H groups in total. The molecule has 0 aromatic carbocycles. The molecule has 95 heavy (non-hydrogen) atoms. The van der Waals surface area contributed by atoms with Crippen molar-refractivity contribution in [3.05, 3.63) is 0 Å². The molecular weight excluding hydrogens is 1250 g/mol. The number of unbranched alkanes of at least 4 members (excludes halogenated alkanes) is 37. The van der Waals surface area contributed by atoms with Gasteiger partial charge in [0.15, 0.2) is 12.2 Å². The fourth-order valence-electron chi connectivity index (χ4n) is 11.5. The summed E-state index contributed by atoms with van der Waals surface area (Å²) in [5, 5.41) is 10.6. The molecule has 0 aliphatic carbocycles. The lowest BCUT2D eigenvalue weighted by molar-refractivity contribution is -0.161. The number of aliphatic hydroxyl groups excluding tert-OH is 1. The molecule has 0 aromatic heterocycles. The second-order valence-electron chi connectivity index (χ2n) is 28.8. The Hall–Kier alpha value is -1.94. The topological polar surface area (TPSA) is 237 Å². The number of hydrogen-bond donors (Lipinski definition) is 3. The molecule has 5 unspecified atom stereocenters. The van der Waals surface area contributed by atoms with E-state index < -0.39 is 97.5 Å². The number of phosphoric acid groups is 2. The Balaban J connectivity index is 5.21. The van der Waals surface area contributed by atoms with Crippen molar-refractivity contribution >= 4 is 39.5 Å². The maximum Gasteiger partial charge on any atom is 0.472 e. The van der Waals surface area contributed by atoms with Crippen molar-refractivity contribution in [3.63, 3.8) is 0 Å². The van der Waals surface area contributed by atoms with E-state index in [1.807, 2.05) is 0 Å². The second-order valence-corrected chi connectivity index (χ2v) is 31.7. The highest BCUT2D eigenvalue weighted by Crippen LogP contribution is 2.45. The zero-order valence-corrected chi connectivity index (χ0v) is 64.1. The zero-order valence-electron chi connectivity index (χ0n) is 62.3. The predicted octanol–water partition coefficient (Wildman–Crippen LogP) is 22.0. The standard InChI is InChI=1S/C76H148O17P2/c1-9-68(7)54-46-38-29-23-19-15-11-13-17-21-25-31-40-48-56-73(78)86-62-71(92-75(80)58-50-42-32-26-22-18-14-12-16-20-24-30-39-47-55-69(8)10-2)64-90-94(82,83)88-60-70(77)61-89-95(84,85)91-65-72(93-76(81)59-51-43-35-34-37-45-53-67(5)6)63-87-74(79)57-49-41-33-27-28-36-44-52-66(3)4/h66-72,77H,9-65H2,1-8H3,(H,82,83)(H,84,85)/t68?,69?,70?,71-,72-/m1/s1. The Morgan fingerprint density at radius 3 is 0.747 bits per heavy atom. The van der Waals surface area contributed by atoms with E-state index in [4.69, 9.17) is 37.0 Å². The number of phosphoric ester groups is 2. The van der Waals surface area contributed by atoms with Gasteiger partial charge in [-0.3, -0.25) is 37.3 Å². The van der Waals surface area contributed by atoms with E-state index in [0.717, 1.165) is 108 Å². The predicted molar refractivity (Wildman–Crippen MR) is 386 cm³/mol. The zero-order chi connectivity index (χ0) is 70.3. The van der Waals surface area contributed by atoms with E-state index in [9.17, 15) is 43.2 Å². The summed E-state index contributed by atoms with van der Waals surface area (Å²) in [6, 6.07) is 0. The number of esters is 4. The highest BCUT2D eigenvalue weighted by atomic mass is 31.2. The second kappa shape index (κ2) is 65.4. The Morgan fingerprint density at radius 2 is 0.505 bits per heavy atom. The first kappa shape index (κ1) is 93.1. The van der Waals surface area contributed by atoms with Crippen molar-refractivity contribution in [2.45, 2.75) is 401 Å². The molecule has 0 saturated carbocycles. The van der Waals surface area contributed by atoms with Crippen LogP contribution in [-0.2, 0) is 65.4 Å². The number of carbonyl (C=O) groups is 4. The molecule has 0 saturated heterocycles. The van der Waals surface area contributed by atoms with Gasteiger partial charge in [0.1, 0.15) is 19.3 Å². The van der Waals surface area contributed by atoms with Gasteiger partial charge < -0.3 is 33.8 Å². The number of rotatable bonds is 73. The van der Waals surface area contributed by atoms with Crippen LogP contribution in [-0.4, -0.2) is 96.7 Å². The summed E-state index contributed by atoms with van der Waals surface area (Å²) < 4.78 is 68.4. The molecule has 0 amide bonds. The van der Waals surface area contributed by atoms with E-state index in [2.05, 4.69) is 55.4 Å². The van der Waals surface area contributed by atoms with Crippen molar-refractivity contribution in [1.29, 1.82) is 0 Å². The number of aliphatic hydroxyl groups is 1. The largest absolute Gasteiger partial charge is 0.472 e. The minimum Gasteiger partial charge on any atom is -0.462 e. The van der Waals surface area contributed by atoms with Gasteiger partial charge >= 0.3 is 39.5 Å². The highest BCUT2D eigenvalue weighted by Gasteiger charge is 2.30. The number of ether oxygens (including phenoxy) is 4. The summed E-state index contributed by atoms with van der Waals surface area (Å²) in [4.78, 5) is 72.7. The molecule has 0 heterocycles. The summed E-state index contributed by atoms with van der Waals surface area (Å²) in [7, 11) is -9.91. The fourth-order valence-corrected chi connectivity index (χ4v) is 13.1. The summed E-state index contributed by atoms with van der Waals surface area (Å²) in [5.41, 5.74) is 0. The summed E-state index contributed by atoms with van der Waals surface area (Å²) in [6.07, 6.45) is 50.2. The molecule has 0 aliphatic rings. The maximum absolute atomic E-state index is 13.1. The van der Waals surface area contributed by atoms with Gasteiger partial charge in [-0.25, -0.2) is 9.13 Å². The normalized spacial score (nSPS) is 14.7. The maximum atomic E-state index is 13.1. The lowest BCUT2D eigenvalue weighted by atomic mass is 9.99. The average Bonchev–Trinajstić information content (AvgIpc) is 1.37. The Bertz CT molecular complexity index is 1870. The Morgan fingerprint density at radius 1 is 0.295 bits per heavy atom. The molecular formula is C76H148O17P2. The lowest BCUT2D eigenvalue weighted by Crippen LogP contribution is -2.30. The van der Waals surface area contributed by atoms with Gasteiger partial charge in [-0.05, 0) is 49.4 Å². The molecule has 0 aliphatic heterocycles. The third kappa shape index (κ3) is 67.6. The van der Waals surface area contributed by atoms with Gasteiger partial charge in [-0.2, -0.15) is 0 Å². The van der Waals surface area contributed by atoms with Crippen LogP contribution in [0.1, 0.15) is 383 Å². The van der Waals surface area contributed by atoms with Crippen LogP contribution in [0, 0.1) is 23.7 Å². The highest BCUT2D eigenvalue weighted by molar-refractivity contribution is 7.47. The van der Waals surface area contributed by atoms with E-state index in [-0.39, 0.29) is 25.7 Å². The van der Waals surface area contributed by atoms with Crippen molar-refractivity contribution in [2.24, 2.45) is 23.7 Å². The van der Waals surface area contributed by atoms with E-state index >= 15 is 0 Å². The van der Waals surface area contributed by atoms with Gasteiger partial charge in [-0.15, -0.1) is 0 Å². The monoisotopic (exact) mass is 1400 g/mol. The SMILES string of the molecule is CCC(C)CCCCCCCCCCCCCCCCC(=O)OC[C@H](COP(=O)(O)OCC(O)COP(=O)(O)OC[C@@H](COC(=O)CCCCCCCCCC(C)C)OC(=O)CCCCCCCCC(C)C)OC(=O)CCCCCCCCCCCCCCCCC(C)CC. The third-order valence-corrected chi connectivity index (χ3v) is 20.2. The van der Waals surface area contributed by atoms with E-state index in [1.165, 1.54) is 180 Å². The van der Waals surface area contributed by atoms with Crippen LogP contribution < -0.4 is 0 Å². The van der Waals surface area contributed by atoms with Gasteiger partial charge in [0.25, 0.3) is 0 Å². The van der Waals surface area contributed by atoms with E-state index in [1.54, 1.807) is 0 Å². The molecule has 0 bridgehead atoms. The first-order chi connectivity index (χ1) is 45.7. The molecule has 17 nitrogen and oxygen atoms in total. The molecule has 0 radical (unpaired) electrons. The molecule has 7 atom stereocenters. The lowest BCUT2D eigenvalue weighted by Gasteiger charge is -2.21. The Kier molecular flexibility index (Phi) is 64.0. The summed E-state index contributed by atoms with van der Waals surface area (Å²) >= 11 is 0. The first-order valence-corrected chi connectivity index (χ1v) is 42.3. The molecule has 19 heteroatoms. The van der Waals surface area contributed by atoms with Crippen molar-refractivity contribution in [2.75, 3.05) is 39.6 Å². The average molecular weight is 1400 g/mol. The van der Waals surface area contributed by atoms with Crippen molar-refractivity contribution in [1.82, 2.24) is 0 Å². The van der Waals surface area contributed by atoms with Gasteiger partial charge in [0.05, 0.1) is 26.4 Å². The summed E-state index contributed by atoms with van der Waals surface area (Å²) in [6.45, 7) is 14.2. The van der Waals surface area contributed by atoms with Gasteiger partial charge in [-0.1, -0.05) is 331 Å². The third-order valence-electron chi connectivity index (χ3n) is 18.3. The van der Waals surface area contributed by atoms with Crippen molar-refractivity contribution < 1.29 is 80.2 Å². The van der Waals surface area contributed by atoms with Crippen LogP contribution in [0.4, 0.5) is 0 Å². The molecule has 0 rings (SSSR count). The van der Waals surface area contributed by atoms with Crippen LogP contribution in [0.25, 0.3) is 0 Å². The number of carbonyl (C=O) groups excluding carboxylic acids is 4. The molecule has 0 aromatic rings. The van der Waals surface area contributed by atoms with Crippen LogP contribution in [0.2, 0.25) is 0 Å². The van der Waals surface area contributed by atoms with Crippen LogP contribution in [0.15, 0.2) is 0 Å². The molecule has 0 spiro atoms. The van der Waals surface area contributed by atoms with Gasteiger partial charge in [0, 0.05) is 25.7 Å². The minimum atomic E-state index is -4.96. The Labute approximate surface area is 581 Å². The quantitative estimate of drug-likeness (QED) is 0.0222. The van der Waals surface area contributed by atoms with Crippen LogP contribution >= 0.6 is 15.6 Å². The van der Waals surface area contributed by atoms with Crippen LogP contribution in [0.3, 0.4) is 0 Å². The molecule has 0 fully saturated rings. The minimum absolute atomic E-state index is 0.101. The van der Waals surface area contributed by atoms with E-state index in [0.29, 0.717) is 37.5 Å². The first-order valence-electron chi connectivity index (χ1n) is 39.3. The van der Waals surface area contributed by atoms with Gasteiger partial charge in [0.2, 0.25) is 0 Å². The van der Waals surface area contributed by atoms with Crippen molar-refractivity contribution in [3.8, 4) is 0 Å². The molecule has 564 valence electrons.